The topological polar surface area (TPSA) is 127 Å². The van der Waals surface area contributed by atoms with E-state index in [0.29, 0.717) is 0 Å². The van der Waals surface area contributed by atoms with Crippen molar-refractivity contribution >= 4 is 5.97 Å². The first-order valence-corrected chi connectivity index (χ1v) is 3.52. The summed E-state index contributed by atoms with van der Waals surface area (Å²) in [5.74, 6) is -3.84. The summed E-state index contributed by atoms with van der Waals surface area (Å²) in [7, 11) is 0. The molecule has 1 aliphatic rings. The number of esters is 1. The molecule has 0 unspecified atom stereocenters. The van der Waals surface area contributed by atoms with Crippen molar-refractivity contribution in [3.05, 3.63) is 0 Å². The lowest BCUT2D eigenvalue weighted by Crippen LogP contribution is -2.64. The van der Waals surface area contributed by atoms with Gasteiger partial charge in [0.15, 0.2) is 12.2 Å². The summed E-state index contributed by atoms with van der Waals surface area (Å²) in [6.45, 7) is -1.07. The van der Waals surface area contributed by atoms with Gasteiger partial charge in [0.25, 0.3) is 5.79 Å². The molecule has 7 nitrogen and oxygen atoms in total. The third-order valence-electron chi connectivity index (χ3n) is 1.85. The number of hydrogen-bond donors (Lipinski definition) is 5. The van der Waals surface area contributed by atoms with Gasteiger partial charge in [-0.25, -0.2) is 4.79 Å². The molecule has 0 aliphatic carbocycles. The molecule has 0 aromatic heterocycles. The van der Waals surface area contributed by atoms with Gasteiger partial charge >= 0.3 is 5.97 Å². The van der Waals surface area contributed by atoms with E-state index in [2.05, 4.69) is 4.74 Å². The van der Waals surface area contributed by atoms with E-state index >= 15 is 0 Å². The second-order valence-corrected chi connectivity index (χ2v) is 2.80. The van der Waals surface area contributed by atoms with Crippen LogP contribution in [0.1, 0.15) is 0 Å². The predicted octanol–water partition coefficient (Wildman–Crippen LogP) is -3.69. The molecule has 1 heterocycles. The summed E-state index contributed by atoms with van der Waals surface area (Å²) in [6.07, 6.45) is -5.73. The lowest BCUT2D eigenvalue weighted by atomic mass is 9.97. The Morgan fingerprint density at radius 2 is 1.92 bits per heavy atom. The van der Waals surface area contributed by atoms with Crippen LogP contribution in [0.15, 0.2) is 0 Å². The van der Waals surface area contributed by atoms with Crippen LogP contribution < -0.4 is 0 Å². The van der Waals surface area contributed by atoms with Gasteiger partial charge in [0, 0.05) is 0 Å². The fourth-order valence-corrected chi connectivity index (χ4v) is 1.000. The minimum absolute atomic E-state index is 1.07. The number of aliphatic hydroxyl groups excluding tert-OH is 4. The van der Waals surface area contributed by atoms with Gasteiger partial charge in [-0.2, -0.15) is 0 Å². The van der Waals surface area contributed by atoms with E-state index in [9.17, 15) is 9.90 Å². The Labute approximate surface area is 72.8 Å². The minimum atomic E-state index is -2.55. The van der Waals surface area contributed by atoms with Crippen LogP contribution in [0.2, 0.25) is 0 Å². The first-order chi connectivity index (χ1) is 5.92. The summed E-state index contributed by atoms with van der Waals surface area (Å²) < 4.78 is 4.12. The Morgan fingerprint density at radius 3 is 2.38 bits per heavy atom. The minimum Gasteiger partial charge on any atom is -0.426 e. The average molecular weight is 194 g/mol. The van der Waals surface area contributed by atoms with Crippen LogP contribution >= 0.6 is 0 Å². The molecular weight excluding hydrogens is 184 g/mol. The van der Waals surface area contributed by atoms with Crippen LogP contribution in [0.4, 0.5) is 0 Å². The molecule has 7 heteroatoms. The highest BCUT2D eigenvalue weighted by Crippen LogP contribution is 2.23. The SMILES string of the molecule is O=C1O[C@@](O)(CO)[C@@H](O)[C@H](O)[C@@H]1O. The zero-order chi connectivity index (χ0) is 10.2. The molecule has 4 atom stereocenters. The van der Waals surface area contributed by atoms with E-state index in [0.717, 1.165) is 0 Å². The highest BCUT2D eigenvalue weighted by Gasteiger charge is 2.53. The molecule has 1 aliphatic heterocycles. The maximum Gasteiger partial charge on any atom is 0.340 e. The Morgan fingerprint density at radius 1 is 1.38 bits per heavy atom. The molecule has 0 aromatic carbocycles. The van der Waals surface area contributed by atoms with Gasteiger partial charge in [-0.05, 0) is 0 Å². The van der Waals surface area contributed by atoms with E-state index in [1.807, 2.05) is 0 Å². The van der Waals surface area contributed by atoms with E-state index in [1.165, 1.54) is 0 Å². The Bertz CT molecular complexity index is 217. The first kappa shape index (κ1) is 10.4. The van der Waals surface area contributed by atoms with Crippen molar-refractivity contribution in [1.82, 2.24) is 0 Å². The number of hydrogen-bond acceptors (Lipinski definition) is 7. The largest absolute Gasteiger partial charge is 0.426 e. The number of ether oxygens (including phenoxy) is 1. The van der Waals surface area contributed by atoms with Gasteiger partial charge in [0.05, 0.1) is 0 Å². The van der Waals surface area contributed by atoms with Gasteiger partial charge in [-0.3, -0.25) is 0 Å². The van der Waals surface area contributed by atoms with Crippen molar-refractivity contribution < 1.29 is 35.1 Å². The molecular formula is C6H10O7. The van der Waals surface area contributed by atoms with Gasteiger partial charge in [0.2, 0.25) is 0 Å². The maximum atomic E-state index is 10.7. The van der Waals surface area contributed by atoms with Gasteiger partial charge in [-0.1, -0.05) is 0 Å². The molecule has 0 bridgehead atoms. The van der Waals surface area contributed by atoms with Gasteiger partial charge < -0.3 is 30.3 Å². The van der Waals surface area contributed by atoms with Crippen LogP contribution in [0.5, 0.6) is 0 Å². The molecule has 0 saturated carbocycles. The molecule has 0 aromatic rings. The fraction of sp³-hybridized carbons (Fsp3) is 0.833. The second kappa shape index (κ2) is 3.20. The van der Waals surface area contributed by atoms with E-state index in [-0.39, 0.29) is 0 Å². The number of carbonyl (C=O) groups is 1. The van der Waals surface area contributed by atoms with E-state index < -0.39 is 36.7 Å². The third kappa shape index (κ3) is 1.52. The normalized spacial score (nSPS) is 45.9. The molecule has 0 amide bonds. The molecule has 0 spiro atoms. The summed E-state index contributed by atoms with van der Waals surface area (Å²) in [6, 6.07) is 0. The quantitative estimate of drug-likeness (QED) is 0.272. The Hall–Kier alpha value is -0.730. The van der Waals surface area contributed by atoms with Gasteiger partial charge in [-0.15, -0.1) is 0 Å². The molecule has 1 fully saturated rings. The van der Waals surface area contributed by atoms with Crippen LogP contribution in [-0.2, 0) is 9.53 Å². The number of carbonyl (C=O) groups excluding carboxylic acids is 1. The van der Waals surface area contributed by atoms with Crippen LogP contribution in [0.3, 0.4) is 0 Å². The highest BCUT2D eigenvalue weighted by atomic mass is 16.7. The van der Waals surface area contributed by atoms with E-state index in [4.69, 9.17) is 20.4 Å². The Balaban J connectivity index is 2.88. The summed E-state index contributed by atoms with van der Waals surface area (Å²) in [4.78, 5) is 10.7. The third-order valence-corrected chi connectivity index (χ3v) is 1.85. The number of aliphatic hydroxyl groups is 5. The second-order valence-electron chi connectivity index (χ2n) is 2.80. The highest BCUT2D eigenvalue weighted by molar-refractivity contribution is 5.76. The molecule has 1 saturated heterocycles. The zero-order valence-corrected chi connectivity index (χ0v) is 6.49. The summed E-state index contributed by atoms with van der Waals surface area (Å²) >= 11 is 0. The maximum absolute atomic E-state index is 10.7. The lowest BCUT2D eigenvalue weighted by Gasteiger charge is -2.39. The van der Waals surface area contributed by atoms with Gasteiger partial charge in [0.1, 0.15) is 12.7 Å². The van der Waals surface area contributed by atoms with Crippen LogP contribution in [0, 0.1) is 0 Å². The molecule has 13 heavy (non-hydrogen) atoms. The van der Waals surface area contributed by atoms with Crippen LogP contribution in [-0.4, -0.2) is 62.2 Å². The van der Waals surface area contributed by atoms with Crippen molar-refractivity contribution in [2.24, 2.45) is 0 Å². The molecule has 0 radical (unpaired) electrons. The van der Waals surface area contributed by atoms with Crippen molar-refractivity contribution in [1.29, 1.82) is 0 Å². The monoisotopic (exact) mass is 194 g/mol. The smallest absolute Gasteiger partial charge is 0.340 e. The Kier molecular flexibility index (Phi) is 2.55. The molecule has 5 N–H and O–H groups in total. The lowest BCUT2D eigenvalue weighted by molar-refractivity contribution is -0.307. The van der Waals surface area contributed by atoms with Crippen molar-refractivity contribution in [2.45, 2.75) is 24.1 Å². The van der Waals surface area contributed by atoms with Crippen molar-refractivity contribution in [3.8, 4) is 0 Å². The standard InChI is InChI=1S/C6H10O7/c7-1-6(12)4(10)2(8)3(9)5(11)13-6/h2-4,7-10,12H,1H2/t2-,3+,4+,6+/m1/s1. The molecule has 76 valence electrons. The number of rotatable bonds is 1. The van der Waals surface area contributed by atoms with Crippen LogP contribution in [0.25, 0.3) is 0 Å². The first-order valence-electron chi connectivity index (χ1n) is 3.52. The predicted molar refractivity (Wildman–Crippen MR) is 36.1 cm³/mol. The van der Waals surface area contributed by atoms with Crippen molar-refractivity contribution in [2.75, 3.05) is 6.61 Å². The molecule has 1 rings (SSSR count). The zero-order valence-electron chi connectivity index (χ0n) is 6.49. The average Bonchev–Trinajstić information content (AvgIpc) is 2.12. The fourth-order valence-electron chi connectivity index (χ4n) is 1.000. The summed E-state index contributed by atoms with van der Waals surface area (Å²) in [5, 5.41) is 44.7. The number of cyclic esters (lactones) is 1. The summed E-state index contributed by atoms with van der Waals surface area (Å²) in [5.41, 5.74) is 0. The van der Waals surface area contributed by atoms with E-state index in [1.54, 1.807) is 0 Å². The van der Waals surface area contributed by atoms with Crippen molar-refractivity contribution in [3.63, 3.8) is 0 Å².